The second-order valence-corrected chi connectivity index (χ2v) is 6.14. The van der Waals surface area contributed by atoms with Gasteiger partial charge in [-0.1, -0.05) is 30.3 Å². The van der Waals surface area contributed by atoms with Gasteiger partial charge in [-0.3, -0.25) is 14.7 Å². The zero-order chi connectivity index (χ0) is 16.1. The number of nitrogens with one attached hydrogen (secondary N) is 1. The van der Waals surface area contributed by atoms with E-state index in [1.165, 1.54) is 11.1 Å². The number of benzene rings is 1. The molecule has 1 saturated heterocycles. The smallest absolute Gasteiger partial charge is 0.225 e. The number of carbonyl (C=O) groups excluding carboxylic acids is 1. The minimum atomic E-state index is 0.158. The molecule has 1 amide bonds. The van der Waals surface area contributed by atoms with E-state index in [4.69, 9.17) is 0 Å². The van der Waals surface area contributed by atoms with E-state index in [1.807, 2.05) is 18.3 Å². The van der Waals surface area contributed by atoms with E-state index < -0.39 is 0 Å². The van der Waals surface area contributed by atoms with Crippen LogP contribution in [0.5, 0.6) is 0 Å². The summed E-state index contributed by atoms with van der Waals surface area (Å²) in [7, 11) is 1.70. The van der Waals surface area contributed by atoms with Gasteiger partial charge in [0.25, 0.3) is 0 Å². The number of amides is 1. The predicted octanol–water partition coefficient (Wildman–Crippen LogP) is 2.04. The van der Waals surface area contributed by atoms with Gasteiger partial charge in [0.15, 0.2) is 0 Å². The molecule has 23 heavy (non-hydrogen) atoms. The van der Waals surface area contributed by atoms with Crippen molar-refractivity contribution in [1.29, 1.82) is 0 Å². The Morgan fingerprint density at radius 1 is 1.13 bits per heavy atom. The van der Waals surface area contributed by atoms with Crippen molar-refractivity contribution in [2.24, 2.45) is 5.92 Å². The maximum atomic E-state index is 11.5. The van der Waals surface area contributed by atoms with Crippen LogP contribution in [0, 0.1) is 5.92 Å². The molecular weight excluding hydrogens is 286 g/mol. The lowest BCUT2D eigenvalue weighted by molar-refractivity contribution is -0.129. The Balaban J connectivity index is 1.45. The third kappa shape index (κ3) is 4.17. The Morgan fingerprint density at radius 2 is 1.87 bits per heavy atom. The van der Waals surface area contributed by atoms with Gasteiger partial charge in [0.2, 0.25) is 5.91 Å². The highest BCUT2D eigenvalue weighted by atomic mass is 16.1. The van der Waals surface area contributed by atoms with Gasteiger partial charge in [0.05, 0.1) is 5.92 Å². The molecular formula is C19H23N3O. The van der Waals surface area contributed by atoms with E-state index in [0.29, 0.717) is 0 Å². The molecule has 120 valence electrons. The first kappa shape index (κ1) is 15.7. The van der Waals surface area contributed by atoms with Crippen LogP contribution < -0.4 is 5.32 Å². The van der Waals surface area contributed by atoms with Crippen molar-refractivity contribution in [1.82, 2.24) is 15.2 Å². The first-order valence-electron chi connectivity index (χ1n) is 8.16. The highest BCUT2D eigenvalue weighted by molar-refractivity contribution is 5.79. The van der Waals surface area contributed by atoms with Gasteiger partial charge < -0.3 is 5.32 Å². The fourth-order valence-corrected chi connectivity index (χ4v) is 2.96. The first-order chi connectivity index (χ1) is 11.2. The van der Waals surface area contributed by atoms with Crippen molar-refractivity contribution in [3.05, 3.63) is 65.5 Å². The zero-order valence-corrected chi connectivity index (χ0v) is 13.5. The molecule has 1 aliphatic rings. The quantitative estimate of drug-likeness (QED) is 0.888. The minimum absolute atomic E-state index is 0.158. The molecule has 3 rings (SSSR count). The minimum Gasteiger partial charge on any atom is -0.359 e. The molecule has 1 aliphatic heterocycles. The van der Waals surface area contributed by atoms with E-state index in [2.05, 4.69) is 45.5 Å². The fourth-order valence-electron chi connectivity index (χ4n) is 2.96. The Morgan fingerprint density at radius 3 is 2.52 bits per heavy atom. The summed E-state index contributed by atoms with van der Waals surface area (Å²) >= 11 is 0. The second-order valence-electron chi connectivity index (χ2n) is 6.14. The van der Waals surface area contributed by atoms with Crippen LogP contribution in [0.1, 0.15) is 16.8 Å². The number of rotatable bonds is 6. The molecule has 4 nitrogen and oxygen atoms in total. The van der Waals surface area contributed by atoms with Crippen LogP contribution in [0.4, 0.5) is 0 Å². The van der Waals surface area contributed by atoms with Crippen molar-refractivity contribution >= 4 is 5.91 Å². The molecule has 1 N–H and O–H groups in total. The van der Waals surface area contributed by atoms with Gasteiger partial charge in [-0.05, 0) is 36.1 Å². The summed E-state index contributed by atoms with van der Waals surface area (Å²) in [5.41, 5.74) is 3.78. The molecule has 0 atom stereocenters. The fraction of sp³-hybridized carbons (Fsp3) is 0.368. The Kier molecular flexibility index (Phi) is 5.03. The molecule has 1 aromatic heterocycles. The Hall–Kier alpha value is -2.20. The van der Waals surface area contributed by atoms with Gasteiger partial charge in [0, 0.05) is 38.6 Å². The molecule has 4 heteroatoms. The van der Waals surface area contributed by atoms with Crippen LogP contribution in [0.3, 0.4) is 0 Å². The standard InChI is InChI=1S/C19H23N3O/c1-20-19(23)17-13-22(14-17)12-16-7-5-15(6-8-16)9-10-18-4-2-3-11-21-18/h2-8,11,17H,9-10,12-14H2,1H3,(H,20,23). The summed E-state index contributed by atoms with van der Waals surface area (Å²) in [5, 5.41) is 2.72. The average Bonchev–Trinajstić information content (AvgIpc) is 2.57. The summed E-state index contributed by atoms with van der Waals surface area (Å²) < 4.78 is 0. The summed E-state index contributed by atoms with van der Waals surface area (Å²) in [4.78, 5) is 18.1. The number of hydrogen-bond donors (Lipinski definition) is 1. The average molecular weight is 309 g/mol. The second kappa shape index (κ2) is 7.38. The lowest BCUT2D eigenvalue weighted by Gasteiger charge is -2.38. The third-order valence-electron chi connectivity index (χ3n) is 4.40. The summed E-state index contributed by atoms with van der Waals surface area (Å²) in [6.45, 7) is 2.65. The number of aryl methyl sites for hydroxylation is 2. The van der Waals surface area contributed by atoms with Crippen LogP contribution in [0.2, 0.25) is 0 Å². The van der Waals surface area contributed by atoms with Gasteiger partial charge in [-0.2, -0.15) is 0 Å². The van der Waals surface area contributed by atoms with Crippen LogP contribution in [0.15, 0.2) is 48.7 Å². The predicted molar refractivity (Wildman–Crippen MR) is 90.9 cm³/mol. The number of pyridine rings is 1. The van der Waals surface area contributed by atoms with Crippen LogP contribution >= 0.6 is 0 Å². The number of hydrogen-bond acceptors (Lipinski definition) is 3. The largest absolute Gasteiger partial charge is 0.359 e. The Bertz CT molecular complexity index is 633. The molecule has 0 bridgehead atoms. The summed E-state index contributed by atoms with van der Waals surface area (Å²) in [6.07, 6.45) is 3.83. The molecule has 1 fully saturated rings. The molecule has 0 spiro atoms. The van der Waals surface area contributed by atoms with Crippen molar-refractivity contribution < 1.29 is 4.79 Å². The normalized spacial score (nSPS) is 15.2. The van der Waals surface area contributed by atoms with Crippen molar-refractivity contribution in [2.75, 3.05) is 20.1 Å². The topological polar surface area (TPSA) is 45.2 Å². The molecule has 2 heterocycles. The summed E-state index contributed by atoms with van der Waals surface area (Å²) in [6, 6.07) is 14.8. The van der Waals surface area contributed by atoms with E-state index in [-0.39, 0.29) is 11.8 Å². The maximum absolute atomic E-state index is 11.5. The monoisotopic (exact) mass is 309 g/mol. The van der Waals surface area contributed by atoms with Crippen LogP contribution in [-0.2, 0) is 24.2 Å². The number of nitrogens with zero attached hydrogens (tertiary/aromatic N) is 2. The van der Waals surface area contributed by atoms with Gasteiger partial charge >= 0.3 is 0 Å². The number of carbonyl (C=O) groups is 1. The lowest BCUT2D eigenvalue weighted by Crippen LogP contribution is -2.52. The van der Waals surface area contributed by atoms with Gasteiger partial charge in [0.1, 0.15) is 0 Å². The zero-order valence-electron chi connectivity index (χ0n) is 13.5. The van der Waals surface area contributed by atoms with Crippen molar-refractivity contribution in [2.45, 2.75) is 19.4 Å². The number of likely N-dealkylation sites (tertiary alicyclic amines) is 1. The van der Waals surface area contributed by atoms with E-state index in [0.717, 1.165) is 38.2 Å². The molecule has 0 saturated carbocycles. The third-order valence-corrected chi connectivity index (χ3v) is 4.40. The van der Waals surface area contributed by atoms with Crippen LogP contribution in [-0.4, -0.2) is 35.9 Å². The van der Waals surface area contributed by atoms with Gasteiger partial charge in [-0.15, -0.1) is 0 Å². The summed E-state index contributed by atoms with van der Waals surface area (Å²) in [5.74, 6) is 0.323. The van der Waals surface area contributed by atoms with Gasteiger partial charge in [-0.25, -0.2) is 0 Å². The Labute approximate surface area is 137 Å². The van der Waals surface area contributed by atoms with E-state index in [1.54, 1.807) is 7.05 Å². The van der Waals surface area contributed by atoms with E-state index in [9.17, 15) is 4.79 Å². The van der Waals surface area contributed by atoms with Crippen molar-refractivity contribution in [3.8, 4) is 0 Å². The maximum Gasteiger partial charge on any atom is 0.225 e. The van der Waals surface area contributed by atoms with Crippen molar-refractivity contribution in [3.63, 3.8) is 0 Å². The molecule has 0 radical (unpaired) electrons. The lowest BCUT2D eigenvalue weighted by atomic mass is 9.98. The molecule has 2 aromatic rings. The highest BCUT2D eigenvalue weighted by Crippen LogP contribution is 2.19. The highest BCUT2D eigenvalue weighted by Gasteiger charge is 2.31. The molecule has 1 aromatic carbocycles. The molecule has 0 aliphatic carbocycles. The van der Waals surface area contributed by atoms with Crippen LogP contribution in [0.25, 0.3) is 0 Å². The SMILES string of the molecule is CNC(=O)C1CN(Cc2ccc(CCc3ccccn3)cc2)C1. The first-order valence-corrected chi connectivity index (χ1v) is 8.16. The molecule has 0 unspecified atom stereocenters. The van der Waals surface area contributed by atoms with E-state index >= 15 is 0 Å². The number of aromatic nitrogens is 1.